The topological polar surface area (TPSA) is 122 Å². The number of benzene rings is 4. The Morgan fingerprint density at radius 1 is 0.938 bits per heavy atom. The van der Waals surface area contributed by atoms with Gasteiger partial charge in [-0.05, 0) is 114 Å². The van der Waals surface area contributed by atoms with E-state index in [2.05, 4.69) is 27.6 Å². The minimum Gasteiger partial charge on any atom is -0.508 e. The molecule has 11 heteroatoms. The van der Waals surface area contributed by atoms with Gasteiger partial charge < -0.3 is 24.1 Å². The second-order valence-electron chi connectivity index (χ2n) is 11.1. The van der Waals surface area contributed by atoms with Crippen molar-refractivity contribution in [2.45, 2.75) is 38.6 Å². The van der Waals surface area contributed by atoms with Crippen molar-refractivity contribution < 1.29 is 77.8 Å². The number of halogens is 1. The molecule has 0 spiro atoms. The summed E-state index contributed by atoms with van der Waals surface area (Å²) >= 11 is 2.15. The summed E-state index contributed by atoms with van der Waals surface area (Å²) in [4.78, 5) is 30.0. The molecule has 0 unspecified atom stereocenters. The minimum atomic E-state index is -1.11. The van der Waals surface area contributed by atoms with Crippen molar-refractivity contribution in [2.24, 2.45) is 0 Å². The number of rotatable bonds is 11. The number of carboxylic acids is 1. The van der Waals surface area contributed by atoms with Crippen LogP contribution in [0.25, 0.3) is 11.5 Å². The molecule has 6 rings (SSSR count). The van der Waals surface area contributed by atoms with Crippen molar-refractivity contribution in [3.63, 3.8) is 0 Å². The number of carbonyl (C=O) groups is 2. The molecule has 1 aliphatic carbocycles. The van der Waals surface area contributed by atoms with E-state index in [1.807, 2.05) is 67.6 Å². The molecule has 0 aliphatic heterocycles. The van der Waals surface area contributed by atoms with Crippen LogP contribution in [-0.2, 0) is 17.8 Å². The van der Waals surface area contributed by atoms with Gasteiger partial charge in [0.2, 0.25) is 5.89 Å². The van der Waals surface area contributed by atoms with Crippen LogP contribution >= 0.6 is 22.6 Å². The van der Waals surface area contributed by atoms with Crippen LogP contribution in [0.4, 0.5) is 4.79 Å². The quantitative estimate of drug-likeness (QED) is 0.127. The van der Waals surface area contributed by atoms with Crippen LogP contribution in [0.2, 0.25) is 0 Å². The molecule has 2 N–H and O–H groups in total. The molecule has 5 aromatic rings. The standard InChI is InChI=1S/C31H30N2O6.C6H5IO.Ac/c1-21-28(32-30(38-21)24-6-3-2-4-7-24)16-17-37-26-14-10-22(11-15-26)19-33(20-29(34)35)31(36)39-27-9-5-8-25(18-27)23-12-13-23;7-5-2-1-3-6(8)4-5;/h2-11,14-15,18,23H,12-13,16-17,19-20H2,1H3,(H,34,35);1-4,8H;. The number of phenols is 1. The van der Waals surface area contributed by atoms with E-state index in [1.165, 1.54) is 4.90 Å². The number of carbonyl (C=O) groups excluding carboxylic acids is 1. The van der Waals surface area contributed by atoms with Crippen molar-refractivity contribution >= 4 is 34.7 Å². The fraction of sp³-hybridized carbons (Fsp3) is 0.216. The Labute approximate surface area is 329 Å². The Balaban J connectivity index is 0.000000508. The molecule has 9 nitrogen and oxygen atoms in total. The van der Waals surface area contributed by atoms with Crippen molar-refractivity contribution in [1.82, 2.24) is 9.88 Å². The number of aromatic hydroxyl groups is 1. The zero-order chi connectivity index (χ0) is 33.2. The number of ether oxygens (including phenoxy) is 2. The van der Waals surface area contributed by atoms with E-state index in [1.54, 1.807) is 42.5 Å². The van der Waals surface area contributed by atoms with E-state index in [-0.39, 0.29) is 50.6 Å². The molecule has 48 heavy (non-hydrogen) atoms. The number of nitrogens with zero attached hydrogens (tertiary/aromatic N) is 2. The maximum Gasteiger partial charge on any atom is 0.416 e. The van der Waals surface area contributed by atoms with E-state index >= 15 is 0 Å². The predicted octanol–water partition coefficient (Wildman–Crippen LogP) is 8.23. The summed E-state index contributed by atoms with van der Waals surface area (Å²) in [7, 11) is 0. The number of hydrogen-bond acceptors (Lipinski definition) is 7. The summed E-state index contributed by atoms with van der Waals surface area (Å²) in [6.45, 7) is 1.93. The zero-order valence-electron chi connectivity index (χ0n) is 26.4. The summed E-state index contributed by atoms with van der Waals surface area (Å²) in [5.41, 5.74) is 3.66. The molecule has 1 radical (unpaired) electrons. The number of oxazole rings is 1. The van der Waals surface area contributed by atoms with Crippen molar-refractivity contribution in [2.75, 3.05) is 13.2 Å². The number of aliphatic carboxylic acids is 1. The molecule has 1 aromatic heterocycles. The van der Waals surface area contributed by atoms with E-state index in [4.69, 9.17) is 19.0 Å². The first-order valence-corrected chi connectivity index (χ1v) is 16.3. The summed E-state index contributed by atoms with van der Waals surface area (Å²) in [6, 6.07) is 31.5. The fourth-order valence-electron chi connectivity index (χ4n) is 4.78. The van der Waals surface area contributed by atoms with Crippen LogP contribution in [0, 0.1) is 54.6 Å². The molecule has 1 heterocycles. The molecule has 0 bridgehead atoms. The first kappa shape index (κ1) is 37.4. The normalized spacial score (nSPS) is 11.8. The smallest absolute Gasteiger partial charge is 0.416 e. The largest absolute Gasteiger partial charge is 0.508 e. The molecule has 0 saturated heterocycles. The van der Waals surface area contributed by atoms with Gasteiger partial charge in [0.05, 0.1) is 12.3 Å². The van der Waals surface area contributed by atoms with Crippen molar-refractivity contribution in [1.29, 1.82) is 0 Å². The van der Waals surface area contributed by atoms with Gasteiger partial charge in [-0.25, -0.2) is 9.78 Å². The van der Waals surface area contributed by atoms with Gasteiger partial charge in [0.25, 0.3) is 0 Å². The molecule has 0 atom stereocenters. The minimum absolute atomic E-state index is 0. The summed E-state index contributed by atoms with van der Waals surface area (Å²) in [6.07, 6.45) is 2.15. The van der Waals surface area contributed by atoms with Gasteiger partial charge in [0.1, 0.15) is 29.6 Å². The zero-order valence-corrected chi connectivity index (χ0v) is 33.3. The molecular formula is C37H35AcIN2O7. The van der Waals surface area contributed by atoms with Crippen molar-refractivity contribution in [3.05, 3.63) is 129 Å². The van der Waals surface area contributed by atoms with Crippen LogP contribution in [0.3, 0.4) is 0 Å². The molecule has 245 valence electrons. The molecule has 1 saturated carbocycles. The third-order valence-corrected chi connectivity index (χ3v) is 7.99. The van der Waals surface area contributed by atoms with Crippen molar-refractivity contribution in [3.8, 4) is 28.7 Å². The second kappa shape index (κ2) is 18.4. The summed E-state index contributed by atoms with van der Waals surface area (Å²) in [5.74, 6) is 2.17. The SMILES string of the molecule is Cc1oc(-c2ccccc2)nc1CCOc1ccc(CN(CC(=O)O)C(=O)Oc2cccc(C3CC3)c2)cc1.Oc1cccc(I)c1.[Ac]. The Kier molecular flexibility index (Phi) is 14.3. The second-order valence-corrected chi connectivity index (χ2v) is 12.3. The Bertz CT molecular complexity index is 1780. The van der Waals surface area contributed by atoms with E-state index in [9.17, 15) is 14.7 Å². The van der Waals surface area contributed by atoms with E-state index < -0.39 is 18.6 Å². The molecule has 1 amide bonds. The third-order valence-electron chi connectivity index (χ3n) is 7.32. The monoisotopic (exact) mass is 973 g/mol. The van der Waals surface area contributed by atoms with E-state index in [0.29, 0.717) is 42.1 Å². The molecule has 1 aliphatic rings. The van der Waals surface area contributed by atoms with Gasteiger partial charge in [-0.2, -0.15) is 0 Å². The van der Waals surface area contributed by atoms with Gasteiger partial charge in [0, 0.05) is 66.2 Å². The number of phenolic OH excluding ortho intramolecular Hbond substituents is 1. The predicted molar refractivity (Wildman–Crippen MR) is 186 cm³/mol. The third kappa shape index (κ3) is 11.6. The van der Waals surface area contributed by atoms with Gasteiger partial charge in [-0.1, -0.05) is 48.5 Å². The average Bonchev–Trinajstić information content (AvgIpc) is 3.85. The Hall–Kier alpha value is -3.40. The maximum atomic E-state index is 12.8. The molecule has 1 fully saturated rings. The fourth-order valence-corrected chi connectivity index (χ4v) is 5.31. The first-order chi connectivity index (χ1) is 22.7. The first-order valence-electron chi connectivity index (χ1n) is 15.2. The number of aromatic nitrogens is 1. The van der Waals surface area contributed by atoms with Gasteiger partial charge in [-0.3, -0.25) is 9.69 Å². The summed E-state index contributed by atoms with van der Waals surface area (Å²) in [5, 5.41) is 18.1. The average molecular weight is 974 g/mol. The van der Waals surface area contributed by atoms with Gasteiger partial charge in [-0.15, -0.1) is 0 Å². The molecule has 4 aromatic carbocycles. The van der Waals surface area contributed by atoms with Gasteiger partial charge in [0.15, 0.2) is 0 Å². The molecular weight excluding hydrogens is 938 g/mol. The van der Waals surface area contributed by atoms with Crippen LogP contribution < -0.4 is 9.47 Å². The summed E-state index contributed by atoms with van der Waals surface area (Å²) < 4.78 is 18.3. The Morgan fingerprint density at radius 2 is 1.67 bits per heavy atom. The van der Waals surface area contributed by atoms with E-state index in [0.717, 1.165) is 44.6 Å². The van der Waals surface area contributed by atoms with Crippen LogP contribution in [0.5, 0.6) is 17.2 Å². The maximum absolute atomic E-state index is 12.8. The number of hydrogen-bond donors (Lipinski definition) is 2. The van der Waals surface area contributed by atoms with Crippen LogP contribution in [0.1, 0.15) is 41.3 Å². The Morgan fingerprint density at radius 3 is 2.31 bits per heavy atom. The number of amides is 1. The van der Waals surface area contributed by atoms with Gasteiger partial charge >= 0.3 is 12.1 Å². The number of aryl methyl sites for hydroxylation is 1. The van der Waals surface area contributed by atoms with Crippen LogP contribution in [0.15, 0.2) is 108 Å². The number of carboxylic acid groups (broad SMARTS) is 1. The van der Waals surface area contributed by atoms with Crippen LogP contribution in [-0.4, -0.2) is 45.3 Å².